The van der Waals surface area contributed by atoms with Crippen molar-refractivity contribution in [3.63, 3.8) is 0 Å². The SMILES string of the molecule is CCCCC1CC(CC)CCC1N. The minimum atomic E-state index is 0.509. The van der Waals surface area contributed by atoms with Crippen LogP contribution in [0.2, 0.25) is 0 Å². The molecule has 0 aromatic rings. The van der Waals surface area contributed by atoms with E-state index in [9.17, 15) is 0 Å². The lowest BCUT2D eigenvalue weighted by atomic mass is 9.75. The van der Waals surface area contributed by atoms with Gasteiger partial charge in [0, 0.05) is 6.04 Å². The Hall–Kier alpha value is -0.0400. The van der Waals surface area contributed by atoms with Gasteiger partial charge in [0.05, 0.1) is 0 Å². The molecule has 0 bridgehead atoms. The van der Waals surface area contributed by atoms with Crippen LogP contribution in [0.25, 0.3) is 0 Å². The van der Waals surface area contributed by atoms with E-state index in [0.717, 1.165) is 11.8 Å². The molecule has 0 aromatic carbocycles. The summed E-state index contributed by atoms with van der Waals surface area (Å²) in [4.78, 5) is 0. The summed E-state index contributed by atoms with van der Waals surface area (Å²) in [6.07, 6.45) is 9.46. The van der Waals surface area contributed by atoms with E-state index in [4.69, 9.17) is 5.73 Å². The molecule has 78 valence electrons. The molecule has 0 spiro atoms. The summed E-state index contributed by atoms with van der Waals surface area (Å²) in [7, 11) is 0. The van der Waals surface area contributed by atoms with Gasteiger partial charge in [0.25, 0.3) is 0 Å². The van der Waals surface area contributed by atoms with Gasteiger partial charge < -0.3 is 5.73 Å². The highest BCUT2D eigenvalue weighted by Gasteiger charge is 2.26. The van der Waals surface area contributed by atoms with Crippen LogP contribution < -0.4 is 5.73 Å². The van der Waals surface area contributed by atoms with Crippen LogP contribution in [-0.2, 0) is 0 Å². The quantitative estimate of drug-likeness (QED) is 0.711. The van der Waals surface area contributed by atoms with Crippen LogP contribution in [0.5, 0.6) is 0 Å². The summed E-state index contributed by atoms with van der Waals surface area (Å²) in [6, 6.07) is 0.509. The monoisotopic (exact) mass is 183 g/mol. The first-order valence-electron chi connectivity index (χ1n) is 6.03. The predicted molar refractivity (Wildman–Crippen MR) is 58.6 cm³/mol. The number of rotatable bonds is 4. The Kier molecular flexibility index (Phi) is 4.79. The summed E-state index contributed by atoms with van der Waals surface area (Å²) in [5.74, 6) is 1.81. The fraction of sp³-hybridized carbons (Fsp3) is 1.00. The van der Waals surface area contributed by atoms with Gasteiger partial charge >= 0.3 is 0 Å². The zero-order valence-electron chi connectivity index (χ0n) is 9.26. The molecule has 1 fully saturated rings. The second-order valence-electron chi connectivity index (χ2n) is 4.65. The van der Waals surface area contributed by atoms with Crippen molar-refractivity contribution < 1.29 is 0 Å². The van der Waals surface area contributed by atoms with Gasteiger partial charge in [0.2, 0.25) is 0 Å². The Bertz CT molecular complexity index is 133. The van der Waals surface area contributed by atoms with Crippen LogP contribution in [0.15, 0.2) is 0 Å². The highest BCUT2D eigenvalue weighted by molar-refractivity contribution is 4.81. The van der Waals surface area contributed by atoms with E-state index in [2.05, 4.69) is 13.8 Å². The maximum Gasteiger partial charge on any atom is 0.00673 e. The van der Waals surface area contributed by atoms with Crippen molar-refractivity contribution in [3.05, 3.63) is 0 Å². The molecule has 3 unspecified atom stereocenters. The molecule has 0 radical (unpaired) electrons. The largest absolute Gasteiger partial charge is 0.327 e. The van der Waals surface area contributed by atoms with Gasteiger partial charge in [-0.2, -0.15) is 0 Å². The molecule has 1 aliphatic carbocycles. The summed E-state index contributed by atoms with van der Waals surface area (Å²) >= 11 is 0. The van der Waals surface area contributed by atoms with Gasteiger partial charge in [-0.3, -0.25) is 0 Å². The fourth-order valence-corrected chi connectivity index (χ4v) is 2.55. The zero-order valence-corrected chi connectivity index (χ0v) is 9.26. The molecule has 0 heterocycles. The van der Waals surface area contributed by atoms with Crippen molar-refractivity contribution in [2.45, 2.75) is 64.8 Å². The average Bonchev–Trinajstić information content (AvgIpc) is 2.17. The van der Waals surface area contributed by atoms with Gasteiger partial charge in [-0.25, -0.2) is 0 Å². The topological polar surface area (TPSA) is 26.0 Å². The minimum Gasteiger partial charge on any atom is -0.327 e. The van der Waals surface area contributed by atoms with E-state index in [-0.39, 0.29) is 0 Å². The van der Waals surface area contributed by atoms with Crippen LogP contribution in [-0.4, -0.2) is 6.04 Å². The molecule has 1 nitrogen and oxygen atoms in total. The van der Waals surface area contributed by atoms with Gasteiger partial charge in [-0.15, -0.1) is 0 Å². The zero-order chi connectivity index (χ0) is 9.68. The Morgan fingerprint density at radius 2 is 2.00 bits per heavy atom. The van der Waals surface area contributed by atoms with Crippen molar-refractivity contribution in [1.29, 1.82) is 0 Å². The van der Waals surface area contributed by atoms with Gasteiger partial charge in [-0.1, -0.05) is 33.1 Å². The Labute approximate surface area is 83.1 Å². The van der Waals surface area contributed by atoms with Crippen LogP contribution in [0, 0.1) is 11.8 Å². The Morgan fingerprint density at radius 3 is 2.62 bits per heavy atom. The summed E-state index contributed by atoms with van der Waals surface area (Å²) in [5.41, 5.74) is 6.14. The third kappa shape index (κ3) is 3.30. The van der Waals surface area contributed by atoms with Crippen molar-refractivity contribution in [1.82, 2.24) is 0 Å². The molecule has 1 rings (SSSR count). The molecule has 13 heavy (non-hydrogen) atoms. The molecular weight excluding hydrogens is 158 g/mol. The third-order valence-electron chi connectivity index (χ3n) is 3.66. The standard InChI is InChI=1S/C12H25N/c1-3-5-6-11-9-10(4-2)7-8-12(11)13/h10-12H,3-9,13H2,1-2H3. The summed E-state index contributed by atoms with van der Waals surface area (Å²) in [6.45, 7) is 4.59. The van der Waals surface area contributed by atoms with Crippen molar-refractivity contribution in [3.8, 4) is 0 Å². The molecule has 0 saturated heterocycles. The lowest BCUT2D eigenvalue weighted by Gasteiger charge is -2.33. The van der Waals surface area contributed by atoms with E-state index in [0.29, 0.717) is 6.04 Å². The number of hydrogen-bond donors (Lipinski definition) is 1. The first kappa shape index (κ1) is 11.0. The van der Waals surface area contributed by atoms with E-state index in [1.54, 1.807) is 0 Å². The predicted octanol–water partition coefficient (Wildman–Crippen LogP) is 3.33. The fourth-order valence-electron chi connectivity index (χ4n) is 2.55. The van der Waals surface area contributed by atoms with Gasteiger partial charge in [0.15, 0.2) is 0 Å². The molecule has 1 heteroatoms. The first-order valence-corrected chi connectivity index (χ1v) is 6.03. The second-order valence-corrected chi connectivity index (χ2v) is 4.65. The normalized spacial score (nSPS) is 34.8. The highest BCUT2D eigenvalue weighted by atomic mass is 14.7. The van der Waals surface area contributed by atoms with Crippen LogP contribution in [0.1, 0.15) is 58.8 Å². The molecular formula is C12H25N. The van der Waals surface area contributed by atoms with Gasteiger partial charge in [0.1, 0.15) is 0 Å². The molecule has 0 amide bonds. The van der Waals surface area contributed by atoms with E-state index < -0.39 is 0 Å². The summed E-state index contributed by atoms with van der Waals surface area (Å²) < 4.78 is 0. The number of nitrogens with two attached hydrogens (primary N) is 1. The molecule has 0 aromatic heterocycles. The first-order chi connectivity index (χ1) is 6.27. The number of hydrogen-bond acceptors (Lipinski definition) is 1. The van der Waals surface area contributed by atoms with Crippen LogP contribution in [0.4, 0.5) is 0 Å². The molecule has 3 atom stereocenters. The summed E-state index contributed by atoms with van der Waals surface area (Å²) in [5, 5.41) is 0. The van der Waals surface area contributed by atoms with E-state index in [1.165, 1.54) is 44.9 Å². The third-order valence-corrected chi connectivity index (χ3v) is 3.66. The second kappa shape index (κ2) is 5.64. The van der Waals surface area contributed by atoms with Crippen LogP contribution in [0.3, 0.4) is 0 Å². The highest BCUT2D eigenvalue weighted by Crippen LogP contribution is 2.33. The van der Waals surface area contributed by atoms with E-state index in [1.807, 2.05) is 0 Å². The maximum absolute atomic E-state index is 6.14. The molecule has 1 aliphatic rings. The van der Waals surface area contributed by atoms with E-state index >= 15 is 0 Å². The Morgan fingerprint density at radius 1 is 1.23 bits per heavy atom. The van der Waals surface area contributed by atoms with Crippen LogP contribution >= 0.6 is 0 Å². The van der Waals surface area contributed by atoms with Crippen molar-refractivity contribution in [2.75, 3.05) is 0 Å². The van der Waals surface area contributed by atoms with Crippen molar-refractivity contribution >= 4 is 0 Å². The lowest BCUT2D eigenvalue weighted by Crippen LogP contribution is -2.36. The smallest absolute Gasteiger partial charge is 0.00673 e. The van der Waals surface area contributed by atoms with Gasteiger partial charge in [-0.05, 0) is 37.5 Å². The molecule has 1 saturated carbocycles. The lowest BCUT2D eigenvalue weighted by molar-refractivity contribution is 0.214. The Balaban J connectivity index is 2.31. The molecule has 0 aliphatic heterocycles. The molecule has 2 N–H and O–H groups in total. The van der Waals surface area contributed by atoms with Crippen molar-refractivity contribution in [2.24, 2.45) is 17.6 Å². The minimum absolute atomic E-state index is 0.509. The number of unbranched alkanes of at least 4 members (excludes halogenated alkanes) is 1. The average molecular weight is 183 g/mol. The maximum atomic E-state index is 6.14.